The Labute approximate surface area is 186 Å². The highest BCUT2D eigenvalue weighted by molar-refractivity contribution is 6.30. The second-order valence-corrected chi connectivity index (χ2v) is 7.38. The van der Waals surface area contributed by atoms with Gasteiger partial charge in [-0.25, -0.2) is 4.98 Å². The molecule has 0 saturated carbocycles. The van der Waals surface area contributed by atoms with Gasteiger partial charge in [0.05, 0.1) is 11.7 Å². The summed E-state index contributed by atoms with van der Waals surface area (Å²) in [7, 11) is 0. The fraction of sp³-hybridized carbons (Fsp3) is 0.524. The van der Waals surface area contributed by atoms with Crippen molar-refractivity contribution < 1.29 is 22.4 Å². The first-order valence-corrected chi connectivity index (χ1v) is 10.4. The molecule has 1 aromatic heterocycles. The smallest absolute Gasteiger partial charge is 0.405 e. The molecule has 31 heavy (non-hydrogen) atoms. The van der Waals surface area contributed by atoms with E-state index in [0.717, 1.165) is 48.4 Å². The molecular formula is C21H30ClF3N4O2. The van der Waals surface area contributed by atoms with E-state index in [0.29, 0.717) is 0 Å². The molecule has 0 radical (unpaired) electrons. The Bertz CT molecular complexity index is 774. The number of aromatic nitrogens is 1. The predicted molar refractivity (Wildman–Crippen MR) is 116 cm³/mol. The number of oxazole rings is 1. The number of rotatable bonds is 5. The van der Waals surface area contributed by atoms with Crippen molar-refractivity contribution in [2.75, 3.05) is 32.7 Å². The maximum Gasteiger partial charge on any atom is 0.405 e. The minimum Gasteiger partial charge on any atom is -0.439 e. The summed E-state index contributed by atoms with van der Waals surface area (Å²) in [6.07, 6.45) is -2.49. The molecule has 1 aromatic carbocycles. The maximum absolute atomic E-state index is 11.0. The highest BCUT2D eigenvalue weighted by Crippen LogP contribution is 2.31. The maximum atomic E-state index is 11.0. The van der Waals surface area contributed by atoms with E-state index in [1.54, 1.807) is 6.20 Å². The summed E-state index contributed by atoms with van der Waals surface area (Å²) in [5, 5.41) is 5.57. The van der Waals surface area contributed by atoms with Gasteiger partial charge in [-0.2, -0.15) is 13.2 Å². The fourth-order valence-electron chi connectivity index (χ4n) is 2.82. The Morgan fingerprint density at radius 3 is 2.26 bits per heavy atom. The van der Waals surface area contributed by atoms with Gasteiger partial charge in [-0.05, 0) is 38.1 Å². The van der Waals surface area contributed by atoms with Crippen LogP contribution in [0.1, 0.15) is 33.6 Å². The number of carbonyl (C=O) groups excluding carboxylic acids is 1. The molecule has 1 aliphatic heterocycles. The van der Waals surface area contributed by atoms with Crippen LogP contribution in [0.2, 0.25) is 5.02 Å². The molecule has 1 amide bonds. The van der Waals surface area contributed by atoms with Crippen LogP contribution in [0.4, 0.5) is 13.2 Å². The Kier molecular flexibility index (Phi) is 11.0. The highest BCUT2D eigenvalue weighted by Gasteiger charge is 2.34. The number of nitrogens with one attached hydrogen (secondary N) is 2. The van der Waals surface area contributed by atoms with Crippen molar-refractivity contribution in [3.05, 3.63) is 41.4 Å². The van der Waals surface area contributed by atoms with Gasteiger partial charge >= 0.3 is 6.18 Å². The van der Waals surface area contributed by atoms with Crippen molar-refractivity contribution in [2.45, 2.75) is 39.4 Å². The number of benzene rings is 1. The van der Waals surface area contributed by atoms with Gasteiger partial charge in [-0.1, -0.05) is 25.4 Å². The largest absolute Gasteiger partial charge is 0.439 e. The van der Waals surface area contributed by atoms with E-state index in [9.17, 15) is 18.0 Å². The van der Waals surface area contributed by atoms with Crippen LogP contribution in [0.15, 0.2) is 34.9 Å². The number of nitrogens with zero attached hydrogens (tertiary/aromatic N) is 2. The molecular weight excluding hydrogens is 433 g/mol. The number of amides is 1. The number of piperazine rings is 1. The molecule has 2 heterocycles. The van der Waals surface area contributed by atoms with Crippen LogP contribution < -0.4 is 10.6 Å². The molecule has 2 aromatic rings. The standard InChI is InChI=1S/C16H20ClN3O.C3H4F3NO.C2H6/c1-16(2,20-9-7-18-8-10-20)15-19-11-14(21-15)12-3-5-13(17)6-4-12;4-3(5,6)1-7-2-8;1-2/h3-6,11,18H,7-10H2,1-2H3;2H,1H2,(H,7,8);1-2H3. The van der Waals surface area contributed by atoms with Crippen molar-refractivity contribution in [1.82, 2.24) is 20.5 Å². The quantitative estimate of drug-likeness (QED) is 0.642. The lowest BCUT2D eigenvalue weighted by molar-refractivity contribution is -0.132. The van der Waals surface area contributed by atoms with Gasteiger partial charge in [0.25, 0.3) is 0 Å². The van der Waals surface area contributed by atoms with Gasteiger partial charge in [0.2, 0.25) is 12.3 Å². The normalized spacial score (nSPS) is 14.6. The molecule has 174 valence electrons. The molecule has 0 aliphatic carbocycles. The van der Waals surface area contributed by atoms with Crippen LogP contribution in [-0.4, -0.2) is 55.2 Å². The topological polar surface area (TPSA) is 70.4 Å². The van der Waals surface area contributed by atoms with Crippen LogP contribution in [-0.2, 0) is 10.3 Å². The Morgan fingerprint density at radius 2 is 1.77 bits per heavy atom. The van der Waals surface area contributed by atoms with Gasteiger partial charge in [0.15, 0.2) is 5.76 Å². The van der Waals surface area contributed by atoms with Crippen molar-refractivity contribution in [2.24, 2.45) is 0 Å². The molecule has 6 nitrogen and oxygen atoms in total. The lowest BCUT2D eigenvalue weighted by Gasteiger charge is -2.38. The molecule has 0 atom stereocenters. The first kappa shape index (κ1) is 26.9. The number of hydrogen-bond donors (Lipinski definition) is 2. The van der Waals surface area contributed by atoms with E-state index < -0.39 is 12.7 Å². The first-order chi connectivity index (χ1) is 14.6. The summed E-state index contributed by atoms with van der Waals surface area (Å²) in [5.74, 6) is 1.54. The zero-order chi connectivity index (χ0) is 23.5. The van der Waals surface area contributed by atoms with Crippen LogP contribution in [0.3, 0.4) is 0 Å². The second kappa shape index (κ2) is 12.7. The Balaban J connectivity index is 0.000000409. The van der Waals surface area contributed by atoms with Crippen molar-refractivity contribution in [3.63, 3.8) is 0 Å². The monoisotopic (exact) mass is 462 g/mol. The lowest BCUT2D eigenvalue weighted by Crippen LogP contribution is -2.51. The van der Waals surface area contributed by atoms with Crippen LogP contribution in [0, 0.1) is 0 Å². The minimum absolute atomic E-state index is 0.00743. The second-order valence-electron chi connectivity index (χ2n) is 6.95. The number of carbonyl (C=O) groups is 1. The zero-order valence-electron chi connectivity index (χ0n) is 18.2. The SMILES string of the molecule is CC.CC(C)(c1ncc(-c2ccc(Cl)cc2)o1)N1CCNCC1.O=CNCC(F)(F)F. The molecule has 3 rings (SSSR count). The van der Waals surface area contributed by atoms with Crippen LogP contribution in [0.25, 0.3) is 11.3 Å². The van der Waals surface area contributed by atoms with E-state index in [-0.39, 0.29) is 11.9 Å². The zero-order valence-corrected chi connectivity index (χ0v) is 19.0. The fourth-order valence-corrected chi connectivity index (χ4v) is 2.95. The molecule has 1 aliphatic rings. The third kappa shape index (κ3) is 8.88. The Hall–Kier alpha value is -2.10. The minimum atomic E-state index is -4.29. The molecule has 1 fully saturated rings. The average molecular weight is 463 g/mol. The van der Waals surface area contributed by atoms with E-state index in [2.05, 4.69) is 29.0 Å². The van der Waals surface area contributed by atoms with Gasteiger partial charge in [-0.3, -0.25) is 9.69 Å². The van der Waals surface area contributed by atoms with Crippen molar-refractivity contribution in [3.8, 4) is 11.3 Å². The van der Waals surface area contributed by atoms with Crippen LogP contribution in [0.5, 0.6) is 0 Å². The molecule has 0 unspecified atom stereocenters. The first-order valence-electron chi connectivity index (χ1n) is 10.1. The van der Waals surface area contributed by atoms with Crippen LogP contribution >= 0.6 is 11.6 Å². The molecule has 10 heteroatoms. The van der Waals surface area contributed by atoms with Crippen molar-refractivity contribution >= 4 is 18.0 Å². The predicted octanol–water partition coefficient (Wildman–Crippen LogP) is 4.46. The van der Waals surface area contributed by atoms with Gasteiger partial charge in [0, 0.05) is 36.8 Å². The summed E-state index contributed by atoms with van der Waals surface area (Å²) in [5.41, 5.74) is 0.793. The summed E-state index contributed by atoms with van der Waals surface area (Å²) in [6.45, 7) is 11.1. The third-order valence-electron chi connectivity index (χ3n) is 4.45. The molecule has 0 spiro atoms. The third-order valence-corrected chi connectivity index (χ3v) is 4.70. The molecule has 2 N–H and O–H groups in total. The van der Waals surface area contributed by atoms with E-state index >= 15 is 0 Å². The summed E-state index contributed by atoms with van der Waals surface area (Å²) in [6, 6.07) is 7.62. The highest BCUT2D eigenvalue weighted by atomic mass is 35.5. The summed E-state index contributed by atoms with van der Waals surface area (Å²) < 4.78 is 39.1. The van der Waals surface area contributed by atoms with Gasteiger partial charge in [-0.15, -0.1) is 0 Å². The average Bonchev–Trinajstić information content (AvgIpc) is 3.26. The number of alkyl halides is 3. The Morgan fingerprint density at radius 1 is 1.19 bits per heavy atom. The van der Waals surface area contributed by atoms with E-state index in [1.165, 1.54) is 5.32 Å². The number of hydrogen-bond acceptors (Lipinski definition) is 5. The summed E-state index contributed by atoms with van der Waals surface area (Å²) in [4.78, 5) is 16.1. The molecule has 1 saturated heterocycles. The number of halogens is 4. The molecule has 0 bridgehead atoms. The van der Waals surface area contributed by atoms with E-state index in [1.807, 2.05) is 38.1 Å². The van der Waals surface area contributed by atoms with Gasteiger partial charge < -0.3 is 15.1 Å². The summed E-state index contributed by atoms with van der Waals surface area (Å²) >= 11 is 5.92. The van der Waals surface area contributed by atoms with E-state index in [4.69, 9.17) is 16.0 Å². The van der Waals surface area contributed by atoms with Crippen molar-refractivity contribution in [1.29, 1.82) is 0 Å². The van der Waals surface area contributed by atoms with Gasteiger partial charge in [0.1, 0.15) is 6.54 Å². The lowest BCUT2D eigenvalue weighted by atomic mass is 10.0.